The van der Waals surface area contributed by atoms with E-state index in [4.69, 9.17) is 19.9 Å². The molecule has 1 aliphatic rings. The van der Waals surface area contributed by atoms with Crippen molar-refractivity contribution >= 4 is 5.69 Å². The molecule has 0 saturated carbocycles. The monoisotopic (exact) mass is 251 g/mol. The molecule has 0 bridgehead atoms. The first-order valence-electron chi connectivity index (χ1n) is 6.47. The molecule has 1 unspecified atom stereocenters. The highest BCUT2D eigenvalue weighted by molar-refractivity contribution is 5.56. The Balaban J connectivity index is 1.71. The van der Waals surface area contributed by atoms with Crippen LogP contribution in [0.1, 0.15) is 25.7 Å². The molecule has 4 nitrogen and oxygen atoms in total. The van der Waals surface area contributed by atoms with Gasteiger partial charge in [-0.05, 0) is 37.8 Å². The lowest BCUT2D eigenvalue weighted by Crippen LogP contribution is -2.07. The topological polar surface area (TPSA) is 53.7 Å². The number of nitrogens with two attached hydrogens (primary N) is 1. The van der Waals surface area contributed by atoms with Gasteiger partial charge in [-0.3, -0.25) is 0 Å². The van der Waals surface area contributed by atoms with Crippen molar-refractivity contribution in [3.8, 4) is 11.5 Å². The Labute approximate surface area is 108 Å². The van der Waals surface area contributed by atoms with Gasteiger partial charge >= 0.3 is 0 Å². The van der Waals surface area contributed by atoms with E-state index in [9.17, 15) is 0 Å². The Morgan fingerprint density at radius 2 is 2.33 bits per heavy atom. The molecule has 18 heavy (non-hydrogen) atoms. The Kier molecular flexibility index (Phi) is 4.70. The second-order valence-corrected chi connectivity index (χ2v) is 4.53. The van der Waals surface area contributed by atoms with Crippen LogP contribution in [-0.2, 0) is 4.74 Å². The first-order valence-corrected chi connectivity index (χ1v) is 6.47. The van der Waals surface area contributed by atoms with E-state index in [0.29, 0.717) is 24.1 Å². The minimum atomic E-state index is 0.439. The number of nitrogen functional groups attached to an aromatic ring is 1. The minimum absolute atomic E-state index is 0.439. The van der Waals surface area contributed by atoms with E-state index >= 15 is 0 Å². The van der Waals surface area contributed by atoms with Gasteiger partial charge in [-0.15, -0.1) is 0 Å². The van der Waals surface area contributed by atoms with Crippen molar-refractivity contribution in [1.29, 1.82) is 0 Å². The number of benzene rings is 1. The fraction of sp³-hybridized carbons (Fsp3) is 0.571. The molecule has 1 aromatic rings. The molecule has 0 amide bonds. The van der Waals surface area contributed by atoms with Gasteiger partial charge in [0.1, 0.15) is 11.5 Å². The van der Waals surface area contributed by atoms with Crippen LogP contribution in [0.2, 0.25) is 0 Å². The van der Waals surface area contributed by atoms with Crippen LogP contribution in [0.4, 0.5) is 5.69 Å². The Hall–Kier alpha value is -1.42. The summed E-state index contributed by atoms with van der Waals surface area (Å²) >= 11 is 0. The number of anilines is 1. The number of rotatable bonds is 6. The van der Waals surface area contributed by atoms with E-state index in [0.717, 1.165) is 25.2 Å². The Bertz CT molecular complexity index is 375. The Morgan fingerprint density at radius 1 is 1.44 bits per heavy atom. The largest absolute Gasteiger partial charge is 0.495 e. The van der Waals surface area contributed by atoms with Crippen molar-refractivity contribution in [3.05, 3.63) is 18.2 Å². The Morgan fingerprint density at radius 3 is 3.00 bits per heavy atom. The summed E-state index contributed by atoms with van der Waals surface area (Å²) in [5.74, 6) is 1.47. The zero-order valence-electron chi connectivity index (χ0n) is 10.9. The molecule has 2 N–H and O–H groups in total. The lowest BCUT2D eigenvalue weighted by atomic mass is 10.1. The summed E-state index contributed by atoms with van der Waals surface area (Å²) in [5, 5.41) is 0. The molecule has 1 saturated heterocycles. The molecule has 1 atom stereocenters. The molecule has 1 fully saturated rings. The van der Waals surface area contributed by atoms with Crippen LogP contribution in [0, 0.1) is 0 Å². The summed E-state index contributed by atoms with van der Waals surface area (Å²) in [7, 11) is 1.60. The minimum Gasteiger partial charge on any atom is -0.495 e. The van der Waals surface area contributed by atoms with Crippen molar-refractivity contribution in [3.63, 3.8) is 0 Å². The van der Waals surface area contributed by atoms with Gasteiger partial charge in [0.25, 0.3) is 0 Å². The van der Waals surface area contributed by atoms with Crippen LogP contribution >= 0.6 is 0 Å². The lowest BCUT2D eigenvalue weighted by molar-refractivity contribution is 0.0981. The molecular weight excluding hydrogens is 230 g/mol. The molecule has 0 aliphatic carbocycles. The van der Waals surface area contributed by atoms with Gasteiger partial charge in [0.05, 0.1) is 25.5 Å². The van der Waals surface area contributed by atoms with Gasteiger partial charge in [0.15, 0.2) is 0 Å². The molecule has 1 aliphatic heterocycles. The average molecular weight is 251 g/mol. The molecule has 0 spiro atoms. The summed E-state index contributed by atoms with van der Waals surface area (Å²) in [4.78, 5) is 0. The summed E-state index contributed by atoms with van der Waals surface area (Å²) in [6, 6.07) is 5.50. The van der Waals surface area contributed by atoms with Crippen molar-refractivity contribution in [2.24, 2.45) is 0 Å². The third-order valence-corrected chi connectivity index (χ3v) is 3.16. The van der Waals surface area contributed by atoms with Gasteiger partial charge in [-0.1, -0.05) is 0 Å². The van der Waals surface area contributed by atoms with E-state index in [-0.39, 0.29) is 0 Å². The van der Waals surface area contributed by atoms with Crippen LogP contribution < -0.4 is 15.2 Å². The van der Waals surface area contributed by atoms with Crippen molar-refractivity contribution < 1.29 is 14.2 Å². The van der Waals surface area contributed by atoms with E-state index in [1.807, 2.05) is 12.1 Å². The molecule has 100 valence electrons. The van der Waals surface area contributed by atoms with E-state index < -0.39 is 0 Å². The fourth-order valence-corrected chi connectivity index (χ4v) is 2.18. The zero-order valence-corrected chi connectivity index (χ0v) is 10.9. The molecule has 1 heterocycles. The second-order valence-electron chi connectivity index (χ2n) is 4.53. The van der Waals surface area contributed by atoms with Gasteiger partial charge in [-0.2, -0.15) is 0 Å². The summed E-state index contributed by atoms with van der Waals surface area (Å²) in [6.07, 6.45) is 4.91. The maximum absolute atomic E-state index is 5.81. The second kappa shape index (κ2) is 6.50. The normalized spacial score (nSPS) is 18.8. The van der Waals surface area contributed by atoms with E-state index in [2.05, 4.69) is 0 Å². The zero-order chi connectivity index (χ0) is 12.8. The maximum Gasteiger partial charge on any atom is 0.142 e. The summed E-state index contributed by atoms with van der Waals surface area (Å²) in [6.45, 7) is 1.62. The van der Waals surface area contributed by atoms with Crippen LogP contribution in [0.15, 0.2) is 18.2 Å². The number of hydrogen-bond acceptors (Lipinski definition) is 4. The lowest BCUT2D eigenvalue weighted by Gasteiger charge is -2.11. The SMILES string of the molecule is COc1ccc(OCCCC2CCCO2)cc1N. The molecule has 2 rings (SSSR count). The van der Waals surface area contributed by atoms with Crippen LogP contribution in [-0.4, -0.2) is 26.4 Å². The third-order valence-electron chi connectivity index (χ3n) is 3.16. The van der Waals surface area contributed by atoms with E-state index in [1.165, 1.54) is 12.8 Å². The predicted octanol–water partition coefficient (Wildman–Crippen LogP) is 2.62. The highest BCUT2D eigenvalue weighted by Gasteiger charge is 2.14. The number of ether oxygens (including phenoxy) is 3. The average Bonchev–Trinajstić information content (AvgIpc) is 2.88. The highest BCUT2D eigenvalue weighted by atomic mass is 16.5. The van der Waals surface area contributed by atoms with Crippen molar-refractivity contribution in [2.75, 3.05) is 26.1 Å². The molecule has 0 radical (unpaired) electrons. The first-order chi connectivity index (χ1) is 8.79. The molecular formula is C14H21NO3. The quantitative estimate of drug-likeness (QED) is 0.623. The molecule has 4 heteroatoms. The van der Waals surface area contributed by atoms with Gasteiger partial charge in [0, 0.05) is 12.7 Å². The standard InChI is InChI=1S/C14H21NO3/c1-16-14-7-6-12(10-13(14)15)18-9-3-5-11-4-2-8-17-11/h6-7,10-11H,2-5,8-9,15H2,1H3. The van der Waals surface area contributed by atoms with Gasteiger partial charge in [0.2, 0.25) is 0 Å². The van der Waals surface area contributed by atoms with E-state index in [1.54, 1.807) is 13.2 Å². The van der Waals surface area contributed by atoms with Crippen LogP contribution in [0.25, 0.3) is 0 Å². The van der Waals surface area contributed by atoms with Crippen LogP contribution in [0.5, 0.6) is 11.5 Å². The van der Waals surface area contributed by atoms with Gasteiger partial charge < -0.3 is 19.9 Å². The summed E-state index contributed by atoms with van der Waals surface area (Å²) < 4.78 is 16.3. The maximum atomic E-state index is 5.81. The van der Waals surface area contributed by atoms with Crippen molar-refractivity contribution in [1.82, 2.24) is 0 Å². The highest BCUT2D eigenvalue weighted by Crippen LogP contribution is 2.26. The number of methoxy groups -OCH3 is 1. The smallest absolute Gasteiger partial charge is 0.142 e. The first kappa shape index (κ1) is 13.0. The number of hydrogen-bond donors (Lipinski definition) is 1. The molecule has 1 aromatic carbocycles. The fourth-order valence-electron chi connectivity index (χ4n) is 2.18. The molecule has 0 aromatic heterocycles. The van der Waals surface area contributed by atoms with Crippen LogP contribution in [0.3, 0.4) is 0 Å². The van der Waals surface area contributed by atoms with Crippen molar-refractivity contribution in [2.45, 2.75) is 31.8 Å². The van der Waals surface area contributed by atoms with Gasteiger partial charge in [-0.25, -0.2) is 0 Å². The predicted molar refractivity (Wildman–Crippen MR) is 71.1 cm³/mol. The summed E-state index contributed by atoms with van der Waals surface area (Å²) in [5.41, 5.74) is 6.42. The third kappa shape index (κ3) is 3.53.